The van der Waals surface area contributed by atoms with Gasteiger partial charge in [0.15, 0.2) is 5.60 Å². The average molecular weight is 360 g/mol. The molecule has 0 unspecified atom stereocenters. The van der Waals surface area contributed by atoms with Crippen LogP contribution in [0, 0.1) is 0 Å². The topological polar surface area (TPSA) is 75.6 Å². The molecule has 0 aliphatic rings. The van der Waals surface area contributed by atoms with Crippen LogP contribution in [0.5, 0.6) is 5.75 Å². The van der Waals surface area contributed by atoms with E-state index in [0.717, 1.165) is 6.08 Å². The Morgan fingerprint density at radius 2 is 1.84 bits per heavy atom. The summed E-state index contributed by atoms with van der Waals surface area (Å²) in [5, 5.41) is 12.0. The zero-order valence-electron chi connectivity index (χ0n) is 13.8. The van der Waals surface area contributed by atoms with Crippen LogP contribution < -0.4 is 10.1 Å². The number of hydrogen-bond donors (Lipinski definition) is 2. The van der Waals surface area contributed by atoms with Gasteiger partial charge in [-0.2, -0.15) is 0 Å². The van der Waals surface area contributed by atoms with Crippen molar-refractivity contribution < 1.29 is 19.4 Å². The Kier molecular flexibility index (Phi) is 5.83. The molecule has 25 heavy (non-hydrogen) atoms. The fraction of sp³-hybridized carbons (Fsp3) is 0.158. The Labute approximate surface area is 150 Å². The number of aliphatic carboxylic acids is 1. The number of carbonyl (C=O) groups excluding carboxylic acids is 1. The first kappa shape index (κ1) is 18.5. The molecule has 6 heteroatoms. The first-order chi connectivity index (χ1) is 11.8. The number of nitrogens with one attached hydrogen (secondary N) is 1. The van der Waals surface area contributed by atoms with Crippen LogP contribution in [0.15, 0.2) is 54.6 Å². The second-order valence-electron chi connectivity index (χ2n) is 5.82. The highest BCUT2D eigenvalue weighted by atomic mass is 35.5. The summed E-state index contributed by atoms with van der Waals surface area (Å²) in [5.41, 5.74) is 0.0998. The van der Waals surface area contributed by atoms with Crippen molar-refractivity contribution in [3.63, 3.8) is 0 Å². The lowest BCUT2D eigenvalue weighted by molar-refractivity contribution is -0.131. The molecule has 0 atom stereocenters. The van der Waals surface area contributed by atoms with Gasteiger partial charge in [-0.05, 0) is 61.9 Å². The molecule has 0 heterocycles. The summed E-state index contributed by atoms with van der Waals surface area (Å²) in [5.74, 6) is -0.837. The summed E-state index contributed by atoms with van der Waals surface area (Å²) < 4.78 is 5.74. The Morgan fingerprint density at radius 3 is 2.48 bits per heavy atom. The van der Waals surface area contributed by atoms with Crippen LogP contribution in [0.25, 0.3) is 6.08 Å². The Balaban J connectivity index is 2.08. The Bertz CT molecular complexity index is 797. The number of halogens is 1. The second-order valence-corrected chi connectivity index (χ2v) is 6.25. The zero-order chi connectivity index (χ0) is 18.4. The number of carbonyl (C=O) groups is 2. The van der Waals surface area contributed by atoms with Gasteiger partial charge < -0.3 is 15.2 Å². The molecule has 2 N–H and O–H groups in total. The normalized spacial score (nSPS) is 11.3. The van der Waals surface area contributed by atoms with E-state index in [0.29, 0.717) is 22.0 Å². The fourth-order valence-electron chi connectivity index (χ4n) is 2.01. The average Bonchev–Trinajstić information content (AvgIpc) is 2.55. The quantitative estimate of drug-likeness (QED) is 0.756. The summed E-state index contributed by atoms with van der Waals surface area (Å²) in [4.78, 5) is 23.1. The molecule has 2 aromatic rings. The molecule has 2 aromatic carbocycles. The summed E-state index contributed by atoms with van der Waals surface area (Å²) in [6.45, 7) is 3.32. The number of carboxylic acid groups (broad SMARTS) is 1. The summed E-state index contributed by atoms with van der Waals surface area (Å²) in [6.07, 6.45) is 2.49. The van der Waals surface area contributed by atoms with Gasteiger partial charge in [-0.15, -0.1) is 0 Å². The number of anilines is 1. The van der Waals surface area contributed by atoms with Crippen molar-refractivity contribution in [2.45, 2.75) is 19.4 Å². The molecule has 1 amide bonds. The molecule has 130 valence electrons. The molecule has 0 aromatic heterocycles. The molecule has 0 aliphatic carbocycles. The number of ether oxygens (including phenoxy) is 1. The highest BCUT2D eigenvalue weighted by Crippen LogP contribution is 2.22. The molecule has 2 rings (SSSR count). The number of amides is 1. The summed E-state index contributed by atoms with van der Waals surface area (Å²) in [6, 6.07) is 13.6. The lowest BCUT2D eigenvalue weighted by Crippen LogP contribution is -2.42. The van der Waals surface area contributed by atoms with E-state index in [9.17, 15) is 9.59 Å². The van der Waals surface area contributed by atoms with Crippen molar-refractivity contribution >= 4 is 35.2 Å². The number of benzene rings is 2. The molecule has 0 aliphatic heterocycles. The van der Waals surface area contributed by atoms with Crippen LogP contribution in [0.2, 0.25) is 5.02 Å². The minimum absolute atomic E-state index is 0.332. The van der Waals surface area contributed by atoms with Crippen molar-refractivity contribution in [3.8, 4) is 5.75 Å². The van der Waals surface area contributed by atoms with E-state index in [4.69, 9.17) is 21.4 Å². The number of hydrogen-bond acceptors (Lipinski definition) is 3. The van der Waals surface area contributed by atoms with Crippen LogP contribution in [-0.2, 0) is 9.59 Å². The van der Waals surface area contributed by atoms with E-state index in [1.165, 1.54) is 6.08 Å². The minimum atomic E-state index is -1.11. The van der Waals surface area contributed by atoms with Crippen LogP contribution in [0.1, 0.15) is 19.4 Å². The summed E-state index contributed by atoms with van der Waals surface area (Å²) >= 11 is 5.84. The van der Waals surface area contributed by atoms with Crippen molar-refractivity contribution in [3.05, 3.63) is 65.2 Å². The Morgan fingerprint density at radius 1 is 1.16 bits per heavy atom. The van der Waals surface area contributed by atoms with Gasteiger partial charge in [-0.3, -0.25) is 4.79 Å². The zero-order valence-corrected chi connectivity index (χ0v) is 14.6. The second kappa shape index (κ2) is 7.85. The molecule has 0 saturated carbocycles. The smallest absolute Gasteiger partial charge is 0.328 e. The van der Waals surface area contributed by atoms with Gasteiger partial charge in [0.2, 0.25) is 0 Å². The Hall–Kier alpha value is -2.79. The minimum Gasteiger partial charge on any atom is -0.478 e. The molecular formula is C19H18ClNO4. The standard InChI is InChI=1S/C19H18ClNO4/c1-19(2,25-16-9-7-14(20)8-10-16)18(24)21-15-5-3-4-13(12-15)6-11-17(22)23/h3-12H,1-2H3,(H,21,24)(H,22,23)/b11-6+. The van der Waals surface area contributed by atoms with E-state index in [1.807, 2.05) is 0 Å². The van der Waals surface area contributed by atoms with E-state index in [2.05, 4.69) is 5.32 Å². The van der Waals surface area contributed by atoms with Crippen LogP contribution in [0.3, 0.4) is 0 Å². The third-order valence-corrected chi connectivity index (χ3v) is 3.55. The van der Waals surface area contributed by atoms with E-state index >= 15 is 0 Å². The maximum atomic E-state index is 12.5. The van der Waals surface area contributed by atoms with Crippen molar-refractivity contribution in [1.29, 1.82) is 0 Å². The molecule has 0 spiro atoms. The van der Waals surface area contributed by atoms with E-state index < -0.39 is 11.6 Å². The number of carboxylic acids is 1. The van der Waals surface area contributed by atoms with E-state index in [1.54, 1.807) is 62.4 Å². The molecule has 5 nitrogen and oxygen atoms in total. The molecular weight excluding hydrogens is 342 g/mol. The van der Waals surface area contributed by atoms with Gasteiger partial charge in [-0.1, -0.05) is 23.7 Å². The largest absolute Gasteiger partial charge is 0.478 e. The van der Waals surface area contributed by atoms with Crippen LogP contribution in [-0.4, -0.2) is 22.6 Å². The molecule has 0 saturated heterocycles. The van der Waals surface area contributed by atoms with E-state index in [-0.39, 0.29) is 5.91 Å². The first-order valence-electron chi connectivity index (χ1n) is 7.53. The van der Waals surface area contributed by atoms with Crippen molar-refractivity contribution in [2.24, 2.45) is 0 Å². The molecule has 0 bridgehead atoms. The lowest BCUT2D eigenvalue weighted by Gasteiger charge is -2.25. The first-order valence-corrected chi connectivity index (χ1v) is 7.91. The van der Waals surface area contributed by atoms with Gasteiger partial charge in [-0.25, -0.2) is 4.79 Å². The van der Waals surface area contributed by atoms with Crippen LogP contribution in [0.4, 0.5) is 5.69 Å². The highest BCUT2D eigenvalue weighted by molar-refractivity contribution is 6.30. The highest BCUT2D eigenvalue weighted by Gasteiger charge is 2.30. The predicted octanol–water partition coefficient (Wildman–Crippen LogP) is 4.23. The van der Waals surface area contributed by atoms with Gasteiger partial charge in [0, 0.05) is 16.8 Å². The van der Waals surface area contributed by atoms with Crippen molar-refractivity contribution in [1.82, 2.24) is 0 Å². The van der Waals surface area contributed by atoms with Gasteiger partial charge in [0.1, 0.15) is 5.75 Å². The summed E-state index contributed by atoms with van der Waals surface area (Å²) in [7, 11) is 0. The van der Waals surface area contributed by atoms with Gasteiger partial charge in [0.05, 0.1) is 0 Å². The van der Waals surface area contributed by atoms with Crippen molar-refractivity contribution in [2.75, 3.05) is 5.32 Å². The molecule has 0 radical (unpaired) electrons. The van der Waals surface area contributed by atoms with Gasteiger partial charge >= 0.3 is 5.97 Å². The monoisotopic (exact) mass is 359 g/mol. The maximum absolute atomic E-state index is 12.5. The third kappa shape index (κ3) is 5.65. The third-order valence-electron chi connectivity index (χ3n) is 3.30. The lowest BCUT2D eigenvalue weighted by atomic mass is 10.1. The number of rotatable bonds is 6. The maximum Gasteiger partial charge on any atom is 0.328 e. The fourth-order valence-corrected chi connectivity index (χ4v) is 2.14. The SMILES string of the molecule is CC(C)(Oc1ccc(Cl)cc1)C(=O)Nc1cccc(/C=C/C(=O)O)c1. The molecule has 0 fully saturated rings. The van der Waals surface area contributed by atoms with Crippen LogP contribution >= 0.6 is 11.6 Å². The predicted molar refractivity (Wildman–Crippen MR) is 97.9 cm³/mol. The van der Waals surface area contributed by atoms with Gasteiger partial charge in [0.25, 0.3) is 5.91 Å².